The van der Waals surface area contributed by atoms with Crippen LogP contribution in [0, 0.1) is 36.5 Å². The normalized spacial score (nSPS) is 10.7. The first-order valence-corrected chi connectivity index (χ1v) is 17.7. The van der Waals surface area contributed by atoms with E-state index in [0.717, 1.165) is 91.0 Å². The summed E-state index contributed by atoms with van der Waals surface area (Å²) in [6.45, 7) is 9.92. The summed E-state index contributed by atoms with van der Waals surface area (Å²) in [5, 5.41) is 44.2. The second-order valence-electron chi connectivity index (χ2n) is 12.4. The van der Waals surface area contributed by atoms with E-state index in [1.807, 2.05) is 36.4 Å². The summed E-state index contributed by atoms with van der Waals surface area (Å²) in [6.07, 6.45) is 9.67. The number of nitrogens with zero attached hydrogens (tertiary/aromatic N) is 6. The fourth-order valence-corrected chi connectivity index (χ4v) is 5.98. The van der Waals surface area contributed by atoms with Crippen LogP contribution in [0.1, 0.15) is 59.1 Å². The molecule has 11 nitrogen and oxygen atoms in total. The Morgan fingerprint density at radius 3 is 1.40 bits per heavy atom. The van der Waals surface area contributed by atoms with Crippen molar-refractivity contribution in [2.45, 2.75) is 52.6 Å². The maximum atomic E-state index is 9.40. The average molecular weight is 709 g/mol. The third-order valence-electron chi connectivity index (χ3n) is 8.54. The lowest BCUT2D eigenvalue weighted by molar-refractivity contribution is 0.201. The number of aromatic nitrogens is 2. The van der Waals surface area contributed by atoms with Gasteiger partial charge in [-0.1, -0.05) is 24.3 Å². The van der Waals surface area contributed by atoms with Gasteiger partial charge in [-0.3, -0.25) is 19.8 Å². The zero-order valence-corrected chi connectivity index (χ0v) is 30.7. The summed E-state index contributed by atoms with van der Waals surface area (Å²) in [4.78, 5) is 12.9. The molecule has 0 aliphatic heterocycles. The maximum Gasteiger partial charge on any atom is 0.122 e. The Labute approximate surface area is 308 Å². The highest BCUT2D eigenvalue weighted by Crippen LogP contribution is 2.35. The van der Waals surface area contributed by atoms with E-state index in [4.69, 9.17) is 14.6 Å². The summed E-state index contributed by atoms with van der Waals surface area (Å²) in [6, 6.07) is 20.3. The average Bonchev–Trinajstić information content (AvgIpc) is 3.18. The van der Waals surface area contributed by atoms with E-state index < -0.39 is 0 Å². The smallest absolute Gasteiger partial charge is 0.122 e. The van der Waals surface area contributed by atoms with Crippen LogP contribution in [0.5, 0.6) is 11.5 Å². The molecule has 0 atom stereocenters. The van der Waals surface area contributed by atoms with Crippen molar-refractivity contribution in [1.29, 1.82) is 10.5 Å². The molecular weight excluding hydrogens is 656 g/mol. The van der Waals surface area contributed by atoms with Gasteiger partial charge in [0, 0.05) is 84.4 Å². The quantitative estimate of drug-likeness (QED) is 0.0950. The van der Waals surface area contributed by atoms with E-state index in [1.54, 1.807) is 24.8 Å². The number of pyridine rings is 2. The Hall–Kier alpha value is -4.88. The molecule has 2 heterocycles. The number of hydrogen-bond acceptors (Lipinski definition) is 11. The third-order valence-corrected chi connectivity index (χ3v) is 8.54. The Morgan fingerprint density at radius 2 is 1.02 bits per heavy atom. The largest absolute Gasteiger partial charge is 0.493 e. The van der Waals surface area contributed by atoms with Crippen LogP contribution in [0.2, 0.25) is 0 Å². The summed E-state index contributed by atoms with van der Waals surface area (Å²) < 4.78 is 12.6. The second-order valence-corrected chi connectivity index (χ2v) is 12.4. The molecule has 4 rings (SSSR count). The number of rotatable bonds is 21. The SMILES string of the molecule is CO.Cc1c(OCCCN(CCCO)Cc2cncc(C#N)c2)cccc1-c1cccc(OCCCN(CCCO)Cc2cncc(C#N)c2)c1C. The van der Waals surface area contributed by atoms with Crippen LogP contribution in [-0.2, 0) is 13.1 Å². The Morgan fingerprint density at radius 1 is 0.615 bits per heavy atom. The highest BCUT2D eigenvalue weighted by molar-refractivity contribution is 5.74. The van der Waals surface area contributed by atoms with Gasteiger partial charge in [0.2, 0.25) is 0 Å². The van der Waals surface area contributed by atoms with Crippen molar-refractivity contribution in [2.75, 3.05) is 59.7 Å². The monoisotopic (exact) mass is 708 g/mol. The van der Waals surface area contributed by atoms with Crippen LogP contribution in [0.3, 0.4) is 0 Å². The van der Waals surface area contributed by atoms with E-state index in [0.29, 0.717) is 50.3 Å². The zero-order valence-electron chi connectivity index (χ0n) is 30.7. The molecule has 0 amide bonds. The summed E-state index contributed by atoms with van der Waals surface area (Å²) in [7, 11) is 1.00. The van der Waals surface area contributed by atoms with Crippen molar-refractivity contribution < 1.29 is 24.8 Å². The number of benzene rings is 2. The fourth-order valence-electron chi connectivity index (χ4n) is 5.98. The molecule has 0 saturated heterocycles. The van der Waals surface area contributed by atoms with Gasteiger partial charge in [-0.15, -0.1) is 0 Å². The zero-order chi connectivity index (χ0) is 37.6. The molecule has 0 bridgehead atoms. The molecule has 4 aromatic rings. The standard InChI is InChI=1S/C40H48N6O4.CH4O/c1-31-37(9-3-11-39(31)49-19-7-15-45(13-5-17-47)29-35-21-33(23-41)25-43-27-35)38-10-4-12-40(32(38)2)50-20-8-16-46(14-6-18-48)30-36-22-34(24-42)26-44-28-36;1-2/h3-4,9-12,21-22,25-28,47-48H,5-8,13-20,29-30H2,1-2H3;2H,1H3. The van der Waals surface area contributed by atoms with Gasteiger partial charge in [-0.25, -0.2) is 0 Å². The van der Waals surface area contributed by atoms with Crippen LogP contribution in [0.25, 0.3) is 11.1 Å². The topological polar surface area (TPSA) is 159 Å². The minimum Gasteiger partial charge on any atom is -0.493 e. The molecule has 3 N–H and O–H groups in total. The fraction of sp³-hybridized carbons (Fsp3) is 0.415. The van der Waals surface area contributed by atoms with Crippen molar-refractivity contribution in [3.8, 4) is 34.8 Å². The van der Waals surface area contributed by atoms with Gasteiger partial charge in [0.15, 0.2) is 0 Å². The van der Waals surface area contributed by atoms with E-state index in [1.165, 1.54) is 0 Å². The minimum atomic E-state index is 0.129. The molecule has 11 heteroatoms. The minimum absolute atomic E-state index is 0.129. The van der Waals surface area contributed by atoms with Crippen molar-refractivity contribution >= 4 is 0 Å². The summed E-state index contributed by atoms with van der Waals surface area (Å²) in [5.74, 6) is 1.69. The molecule has 0 aliphatic rings. The lowest BCUT2D eigenvalue weighted by atomic mass is 9.95. The van der Waals surface area contributed by atoms with E-state index in [-0.39, 0.29) is 13.2 Å². The van der Waals surface area contributed by atoms with Crippen molar-refractivity contribution in [3.05, 3.63) is 107 Å². The van der Waals surface area contributed by atoms with Gasteiger partial charge in [0.25, 0.3) is 0 Å². The number of nitriles is 2. The molecule has 0 unspecified atom stereocenters. The summed E-state index contributed by atoms with van der Waals surface area (Å²) in [5.41, 5.74) is 7.38. The number of aliphatic hydroxyl groups is 3. The number of aliphatic hydroxyl groups excluding tert-OH is 3. The van der Waals surface area contributed by atoms with Crippen LogP contribution in [0.15, 0.2) is 73.3 Å². The molecule has 0 spiro atoms. The maximum absolute atomic E-state index is 9.40. The predicted molar refractivity (Wildman–Crippen MR) is 202 cm³/mol. The number of hydrogen-bond donors (Lipinski definition) is 3. The van der Waals surface area contributed by atoms with E-state index in [9.17, 15) is 20.7 Å². The third kappa shape index (κ3) is 13.3. The molecule has 2 aromatic carbocycles. The Kier molecular flexibility index (Phi) is 18.8. The van der Waals surface area contributed by atoms with Crippen LogP contribution in [-0.4, -0.2) is 94.8 Å². The molecule has 2 aromatic heterocycles. The molecule has 52 heavy (non-hydrogen) atoms. The highest BCUT2D eigenvalue weighted by Gasteiger charge is 2.14. The number of ether oxygens (including phenoxy) is 2. The van der Waals surface area contributed by atoms with E-state index in [2.05, 4.69) is 57.9 Å². The van der Waals surface area contributed by atoms with Gasteiger partial charge >= 0.3 is 0 Å². The predicted octanol–water partition coefficient (Wildman–Crippen LogP) is 5.42. The highest BCUT2D eigenvalue weighted by atomic mass is 16.5. The van der Waals surface area contributed by atoms with Crippen molar-refractivity contribution in [2.24, 2.45) is 0 Å². The molecule has 276 valence electrons. The van der Waals surface area contributed by atoms with Gasteiger partial charge in [-0.2, -0.15) is 10.5 Å². The van der Waals surface area contributed by atoms with Gasteiger partial charge in [-0.05, 0) is 97.2 Å². The molecule has 0 fully saturated rings. The Balaban J connectivity index is 0.00000358. The van der Waals surface area contributed by atoms with Gasteiger partial charge in [0.05, 0.1) is 24.3 Å². The van der Waals surface area contributed by atoms with Crippen molar-refractivity contribution in [1.82, 2.24) is 19.8 Å². The first-order valence-electron chi connectivity index (χ1n) is 17.7. The Bertz CT molecular complexity index is 1610. The molecule has 0 aliphatic carbocycles. The molecular formula is C41H52N6O5. The van der Waals surface area contributed by atoms with Gasteiger partial charge in [0.1, 0.15) is 23.6 Å². The van der Waals surface area contributed by atoms with Crippen LogP contribution < -0.4 is 9.47 Å². The summed E-state index contributed by atoms with van der Waals surface area (Å²) >= 11 is 0. The molecule has 0 saturated carbocycles. The lowest BCUT2D eigenvalue weighted by Gasteiger charge is -2.22. The van der Waals surface area contributed by atoms with Crippen LogP contribution in [0.4, 0.5) is 0 Å². The second kappa shape index (κ2) is 23.6. The van der Waals surface area contributed by atoms with Crippen LogP contribution >= 0.6 is 0 Å². The van der Waals surface area contributed by atoms with Crippen molar-refractivity contribution in [3.63, 3.8) is 0 Å². The first kappa shape index (κ1) is 41.5. The lowest BCUT2D eigenvalue weighted by Crippen LogP contribution is -2.27. The molecule has 0 radical (unpaired) electrons. The van der Waals surface area contributed by atoms with E-state index >= 15 is 0 Å². The first-order chi connectivity index (χ1) is 25.4. The van der Waals surface area contributed by atoms with Gasteiger partial charge < -0.3 is 24.8 Å².